The quantitative estimate of drug-likeness (QED) is 0.762. The third-order valence-corrected chi connectivity index (χ3v) is 3.32. The van der Waals surface area contributed by atoms with Gasteiger partial charge < -0.3 is 10.1 Å². The molecule has 20 heavy (non-hydrogen) atoms. The van der Waals surface area contributed by atoms with Crippen molar-refractivity contribution in [1.29, 1.82) is 0 Å². The number of hydrogen-bond acceptors (Lipinski definition) is 5. The van der Waals surface area contributed by atoms with Crippen LogP contribution in [-0.4, -0.2) is 38.3 Å². The predicted octanol–water partition coefficient (Wildman–Crippen LogP) is 1.61. The molecular weight excluding hydrogens is 278 g/mol. The molecule has 1 aromatic rings. The van der Waals surface area contributed by atoms with Crippen molar-refractivity contribution in [3.63, 3.8) is 0 Å². The lowest BCUT2D eigenvalue weighted by molar-refractivity contribution is 0.317. The topological polar surface area (TPSA) is 80.3 Å². The smallest absolute Gasteiger partial charge is 0.209 e. The summed E-state index contributed by atoms with van der Waals surface area (Å²) in [5.41, 5.74) is -0.618. The molecule has 0 saturated heterocycles. The molecule has 0 amide bonds. The van der Waals surface area contributed by atoms with E-state index < -0.39 is 15.6 Å². The van der Waals surface area contributed by atoms with E-state index in [1.54, 1.807) is 26.1 Å². The number of aromatic nitrogens is 1. The minimum Gasteiger partial charge on any atom is -0.490 e. The van der Waals surface area contributed by atoms with Gasteiger partial charge in [0.1, 0.15) is 0 Å². The number of nitrogens with one attached hydrogen (secondary N) is 2. The van der Waals surface area contributed by atoms with Crippen LogP contribution in [0.2, 0.25) is 0 Å². The first-order valence-electron chi connectivity index (χ1n) is 6.54. The number of ether oxygens (including phenoxy) is 1. The van der Waals surface area contributed by atoms with Crippen molar-refractivity contribution in [2.75, 3.05) is 24.7 Å². The molecule has 0 aliphatic carbocycles. The Hall–Kier alpha value is -1.34. The van der Waals surface area contributed by atoms with E-state index in [1.165, 1.54) is 0 Å². The van der Waals surface area contributed by atoms with Crippen molar-refractivity contribution >= 4 is 15.8 Å². The third kappa shape index (κ3) is 6.21. The highest BCUT2D eigenvalue weighted by atomic mass is 32.2. The van der Waals surface area contributed by atoms with Crippen LogP contribution in [0.1, 0.15) is 27.2 Å². The minimum absolute atomic E-state index is 0.402. The second kappa shape index (κ2) is 6.90. The number of anilines is 1. The molecule has 1 aromatic heterocycles. The first-order valence-corrected chi connectivity index (χ1v) is 8.43. The first kappa shape index (κ1) is 16.7. The monoisotopic (exact) mass is 301 g/mol. The second-order valence-electron chi connectivity index (χ2n) is 5.31. The maximum Gasteiger partial charge on any atom is 0.209 e. The summed E-state index contributed by atoms with van der Waals surface area (Å²) in [6.45, 7) is 6.65. The van der Waals surface area contributed by atoms with Crippen molar-refractivity contribution < 1.29 is 13.2 Å². The standard InChI is InChI=1S/C13H23N3O3S/c1-5-9-19-11-7-6-8-14-12(11)15-10-13(2,3)16-20(4,17)18/h6-8,16H,5,9-10H2,1-4H3,(H,14,15). The van der Waals surface area contributed by atoms with Gasteiger partial charge >= 0.3 is 0 Å². The molecule has 0 aliphatic rings. The van der Waals surface area contributed by atoms with Crippen molar-refractivity contribution in [2.45, 2.75) is 32.7 Å². The van der Waals surface area contributed by atoms with Crippen LogP contribution in [0, 0.1) is 0 Å². The van der Waals surface area contributed by atoms with Gasteiger partial charge in [-0.3, -0.25) is 0 Å². The Balaban J connectivity index is 2.69. The summed E-state index contributed by atoms with van der Waals surface area (Å²) in [4.78, 5) is 4.22. The summed E-state index contributed by atoms with van der Waals surface area (Å²) in [7, 11) is -3.25. The fraction of sp³-hybridized carbons (Fsp3) is 0.615. The maximum absolute atomic E-state index is 11.3. The molecule has 0 fully saturated rings. The average molecular weight is 301 g/mol. The van der Waals surface area contributed by atoms with Gasteiger partial charge in [-0.05, 0) is 32.4 Å². The molecule has 0 spiro atoms. The van der Waals surface area contributed by atoms with E-state index in [0.717, 1.165) is 12.7 Å². The van der Waals surface area contributed by atoms with Gasteiger partial charge in [-0.1, -0.05) is 6.92 Å². The van der Waals surface area contributed by atoms with Crippen LogP contribution in [0.15, 0.2) is 18.3 Å². The first-order chi connectivity index (χ1) is 9.23. The van der Waals surface area contributed by atoms with E-state index in [-0.39, 0.29) is 0 Å². The van der Waals surface area contributed by atoms with E-state index in [4.69, 9.17) is 4.74 Å². The largest absolute Gasteiger partial charge is 0.490 e. The highest BCUT2D eigenvalue weighted by Gasteiger charge is 2.22. The highest BCUT2D eigenvalue weighted by Crippen LogP contribution is 2.21. The van der Waals surface area contributed by atoms with E-state index in [1.807, 2.05) is 13.0 Å². The summed E-state index contributed by atoms with van der Waals surface area (Å²) < 4.78 is 30.7. The summed E-state index contributed by atoms with van der Waals surface area (Å²) >= 11 is 0. The molecule has 0 radical (unpaired) electrons. The van der Waals surface area contributed by atoms with Crippen LogP contribution in [0.3, 0.4) is 0 Å². The van der Waals surface area contributed by atoms with E-state index in [9.17, 15) is 8.42 Å². The van der Waals surface area contributed by atoms with Gasteiger partial charge in [0.15, 0.2) is 11.6 Å². The Morgan fingerprint density at radius 2 is 2.10 bits per heavy atom. The van der Waals surface area contributed by atoms with Gasteiger partial charge in [0, 0.05) is 18.3 Å². The number of nitrogens with zero attached hydrogens (tertiary/aromatic N) is 1. The number of rotatable bonds is 8. The summed E-state index contributed by atoms with van der Waals surface area (Å²) in [6, 6.07) is 3.64. The Labute approximate surface area is 121 Å². The number of hydrogen-bond donors (Lipinski definition) is 2. The van der Waals surface area contributed by atoms with E-state index >= 15 is 0 Å². The lowest BCUT2D eigenvalue weighted by Gasteiger charge is -2.26. The van der Waals surface area contributed by atoms with Gasteiger partial charge in [-0.25, -0.2) is 18.1 Å². The molecule has 1 rings (SSSR count). The molecule has 7 heteroatoms. The molecule has 0 saturated carbocycles. The van der Waals surface area contributed by atoms with Gasteiger partial charge in [0.25, 0.3) is 0 Å². The molecule has 6 nitrogen and oxygen atoms in total. The summed E-state index contributed by atoms with van der Waals surface area (Å²) in [5.74, 6) is 1.29. The zero-order chi connectivity index (χ0) is 15.2. The number of sulfonamides is 1. The zero-order valence-corrected chi connectivity index (χ0v) is 13.3. The van der Waals surface area contributed by atoms with Gasteiger partial charge in [0.05, 0.1) is 12.9 Å². The van der Waals surface area contributed by atoms with Crippen LogP contribution >= 0.6 is 0 Å². The Bertz CT molecular complexity index is 529. The molecule has 0 unspecified atom stereocenters. The van der Waals surface area contributed by atoms with Crippen LogP contribution in [-0.2, 0) is 10.0 Å². The van der Waals surface area contributed by atoms with Crippen LogP contribution in [0.25, 0.3) is 0 Å². The van der Waals surface area contributed by atoms with Crippen molar-refractivity contribution in [1.82, 2.24) is 9.71 Å². The summed E-state index contributed by atoms with van der Waals surface area (Å²) in [5, 5.41) is 3.12. The SMILES string of the molecule is CCCOc1cccnc1NCC(C)(C)NS(C)(=O)=O. The van der Waals surface area contributed by atoms with Gasteiger partial charge in [0.2, 0.25) is 10.0 Å². The maximum atomic E-state index is 11.3. The number of pyridine rings is 1. The Kier molecular flexibility index (Phi) is 5.76. The molecule has 0 bridgehead atoms. The van der Waals surface area contributed by atoms with Crippen molar-refractivity contribution in [2.24, 2.45) is 0 Å². The highest BCUT2D eigenvalue weighted by molar-refractivity contribution is 7.88. The lowest BCUT2D eigenvalue weighted by Crippen LogP contribution is -2.47. The molecule has 114 valence electrons. The molecule has 0 aliphatic heterocycles. The normalized spacial score (nSPS) is 12.2. The third-order valence-electron chi connectivity index (χ3n) is 2.39. The molecule has 2 N–H and O–H groups in total. The Morgan fingerprint density at radius 3 is 2.70 bits per heavy atom. The van der Waals surface area contributed by atoms with Gasteiger partial charge in [-0.15, -0.1) is 0 Å². The fourth-order valence-corrected chi connectivity index (χ4v) is 2.77. The molecule has 0 atom stereocenters. The molecular formula is C13H23N3O3S. The van der Waals surface area contributed by atoms with Crippen molar-refractivity contribution in [3.05, 3.63) is 18.3 Å². The second-order valence-corrected chi connectivity index (χ2v) is 7.06. The van der Waals surface area contributed by atoms with Crippen LogP contribution < -0.4 is 14.8 Å². The fourth-order valence-electron chi connectivity index (χ4n) is 1.69. The summed E-state index contributed by atoms with van der Waals surface area (Å²) in [6.07, 6.45) is 3.72. The Morgan fingerprint density at radius 1 is 1.40 bits per heavy atom. The van der Waals surface area contributed by atoms with Crippen LogP contribution in [0.4, 0.5) is 5.82 Å². The predicted molar refractivity (Wildman–Crippen MR) is 80.6 cm³/mol. The van der Waals surface area contributed by atoms with Crippen molar-refractivity contribution in [3.8, 4) is 5.75 Å². The van der Waals surface area contributed by atoms with E-state index in [0.29, 0.717) is 24.7 Å². The average Bonchev–Trinajstić information content (AvgIpc) is 2.32. The minimum atomic E-state index is -3.25. The lowest BCUT2D eigenvalue weighted by atomic mass is 10.1. The zero-order valence-electron chi connectivity index (χ0n) is 12.4. The molecule has 0 aromatic carbocycles. The van der Waals surface area contributed by atoms with Crippen LogP contribution in [0.5, 0.6) is 5.75 Å². The van der Waals surface area contributed by atoms with E-state index in [2.05, 4.69) is 15.0 Å². The molecule has 1 heterocycles. The van der Waals surface area contributed by atoms with Gasteiger partial charge in [-0.2, -0.15) is 0 Å².